The summed E-state index contributed by atoms with van der Waals surface area (Å²) in [6.07, 6.45) is 1.66. The normalized spacial score (nSPS) is 10.6. The van der Waals surface area contributed by atoms with Gasteiger partial charge in [-0.2, -0.15) is 5.10 Å². The molecule has 0 N–H and O–H groups in total. The second kappa shape index (κ2) is 4.13. The Morgan fingerprint density at radius 3 is 2.59 bits per heavy atom. The van der Waals surface area contributed by atoms with Crippen molar-refractivity contribution in [2.45, 2.75) is 13.8 Å². The fourth-order valence-electron chi connectivity index (χ4n) is 1.87. The van der Waals surface area contributed by atoms with E-state index >= 15 is 0 Å². The lowest BCUT2D eigenvalue weighted by atomic mass is 10.00. The number of carbonyl (C=O) groups excluding carboxylic acids is 1. The fraction of sp³-hybridized carbons (Fsp3) is 0.231. The maximum Gasteiger partial charge on any atom is 0.216 e. The van der Waals surface area contributed by atoms with E-state index in [-0.39, 0.29) is 17.0 Å². The number of benzene rings is 1. The van der Waals surface area contributed by atoms with Crippen LogP contribution in [0.2, 0.25) is 0 Å². The van der Waals surface area contributed by atoms with E-state index in [0.717, 1.165) is 5.56 Å². The van der Waals surface area contributed by atoms with Gasteiger partial charge in [0.1, 0.15) is 11.5 Å². The number of halogens is 1. The van der Waals surface area contributed by atoms with Crippen LogP contribution in [0.5, 0.6) is 0 Å². The zero-order valence-electron chi connectivity index (χ0n) is 9.99. The van der Waals surface area contributed by atoms with Crippen LogP contribution in [0.25, 0.3) is 0 Å². The van der Waals surface area contributed by atoms with Gasteiger partial charge in [-0.15, -0.1) is 0 Å². The van der Waals surface area contributed by atoms with Gasteiger partial charge in [0.15, 0.2) is 0 Å². The summed E-state index contributed by atoms with van der Waals surface area (Å²) in [6, 6.07) is 4.74. The highest BCUT2D eigenvalue weighted by atomic mass is 19.1. The molecule has 2 rings (SSSR count). The molecule has 3 nitrogen and oxygen atoms in total. The van der Waals surface area contributed by atoms with E-state index in [1.807, 2.05) is 0 Å². The number of carbonyl (C=O) groups is 1. The Balaban J connectivity index is 2.51. The summed E-state index contributed by atoms with van der Waals surface area (Å²) in [5.41, 5.74) is 1.81. The Hall–Kier alpha value is -1.97. The molecule has 0 amide bonds. The zero-order valence-corrected chi connectivity index (χ0v) is 9.99. The molecule has 0 spiro atoms. The van der Waals surface area contributed by atoms with Crippen molar-refractivity contribution in [2.75, 3.05) is 0 Å². The van der Waals surface area contributed by atoms with Gasteiger partial charge in [0, 0.05) is 13.2 Å². The summed E-state index contributed by atoms with van der Waals surface area (Å²) in [6.45, 7) is 3.53. The van der Waals surface area contributed by atoms with Crippen molar-refractivity contribution in [1.82, 2.24) is 9.78 Å². The molecule has 0 fully saturated rings. The second-order valence-electron chi connectivity index (χ2n) is 4.14. The van der Waals surface area contributed by atoms with Crippen molar-refractivity contribution in [3.63, 3.8) is 0 Å². The van der Waals surface area contributed by atoms with Crippen molar-refractivity contribution in [1.29, 1.82) is 0 Å². The molecule has 1 heterocycles. The Morgan fingerprint density at radius 1 is 1.35 bits per heavy atom. The third-order valence-corrected chi connectivity index (χ3v) is 2.61. The standard InChI is InChI=1S/C13H13FN2O/c1-8-6-9(2)12(10(14)7-8)13(17)11-4-5-16(3)15-11/h4-7H,1-3H3. The minimum absolute atomic E-state index is 0.106. The zero-order chi connectivity index (χ0) is 12.6. The van der Waals surface area contributed by atoms with Crippen LogP contribution in [0.4, 0.5) is 4.39 Å². The van der Waals surface area contributed by atoms with Crippen LogP contribution in [-0.2, 0) is 7.05 Å². The molecule has 1 aromatic heterocycles. The lowest BCUT2D eigenvalue weighted by Gasteiger charge is -2.06. The molecule has 17 heavy (non-hydrogen) atoms. The minimum atomic E-state index is -0.488. The summed E-state index contributed by atoms with van der Waals surface area (Å²) in [7, 11) is 1.72. The summed E-state index contributed by atoms with van der Waals surface area (Å²) >= 11 is 0. The molecule has 0 radical (unpaired) electrons. The van der Waals surface area contributed by atoms with E-state index in [1.165, 1.54) is 10.7 Å². The van der Waals surface area contributed by atoms with Crippen LogP contribution in [0, 0.1) is 19.7 Å². The predicted molar refractivity (Wildman–Crippen MR) is 62.5 cm³/mol. The summed E-state index contributed by atoms with van der Waals surface area (Å²) in [4.78, 5) is 12.1. The van der Waals surface area contributed by atoms with Gasteiger partial charge >= 0.3 is 0 Å². The number of rotatable bonds is 2. The molecule has 0 bridgehead atoms. The molecule has 0 atom stereocenters. The van der Waals surface area contributed by atoms with Gasteiger partial charge in [-0.25, -0.2) is 4.39 Å². The van der Waals surface area contributed by atoms with Crippen molar-refractivity contribution >= 4 is 5.78 Å². The van der Waals surface area contributed by atoms with Crippen LogP contribution < -0.4 is 0 Å². The quantitative estimate of drug-likeness (QED) is 0.745. The number of hydrogen-bond donors (Lipinski definition) is 0. The number of aromatic nitrogens is 2. The summed E-state index contributed by atoms with van der Waals surface area (Å²) in [5.74, 6) is -0.862. The Labute approximate surface area is 98.9 Å². The van der Waals surface area contributed by atoms with Gasteiger partial charge in [0.25, 0.3) is 0 Å². The average Bonchev–Trinajstić information content (AvgIpc) is 2.63. The average molecular weight is 232 g/mol. The molecule has 0 aliphatic heterocycles. The van der Waals surface area contributed by atoms with Crippen molar-refractivity contribution in [3.05, 3.63) is 52.6 Å². The first-order valence-corrected chi connectivity index (χ1v) is 5.30. The van der Waals surface area contributed by atoms with Crippen molar-refractivity contribution in [3.8, 4) is 0 Å². The topological polar surface area (TPSA) is 34.9 Å². The molecule has 88 valence electrons. The number of hydrogen-bond acceptors (Lipinski definition) is 2. The largest absolute Gasteiger partial charge is 0.287 e. The minimum Gasteiger partial charge on any atom is -0.287 e. The molecular weight excluding hydrogens is 219 g/mol. The smallest absolute Gasteiger partial charge is 0.216 e. The van der Waals surface area contributed by atoms with Crippen LogP contribution in [0.15, 0.2) is 24.4 Å². The molecule has 0 aliphatic carbocycles. The lowest BCUT2D eigenvalue weighted by Crippen LogP contribution is -2.08. The molecule has 4 heteroatoms. The Bertz CT molecular complexity index is 564. The van der Waals surface area contributed by atoms with Crippen molar-refractivity contribution < 1.29 is 9.18 Å². The SMILES string of the molecule is Cc1cc(C)c(C(=O)c2ccn(C)n2)c(F)c1. The number of ketones is 1. The van der Waals surface area contributed by atoms with E-state index < -0.39 is 5.82 Å². The monoisotopic (exact) mass is 232 g/mol. The highest BCUT2D eigenvalue weighted by molar-refractivity contribution is 6.08. The van der Waals surface area contributed by atoms with E-state index in [0.29, 0.717) is 5.56 Å². The maximum atomic E-state index is 13.8. The predicted octanol–water partition coefficient (Wildman–Crippen LogP) is 2.41. The van der Waals surface area contributed by atoms with Gasteiger partial charge in [0.2, 0.25) is 5.78 Å². The van der Waals surface area contributed by atoms with Crippen LogP contribution in [0.1, 0.15) is 27.2 Å². The van der Waals surface area contributed by atoms with Gasteiger partial charge < -0.3 is 0 Å². The first-order valence-electron chi connectivity index (χ1n) is 5.30. The molecule has 0 saturated carbocycles. The Kier molecular flexibility index (Phi) is 2.79. The van der Waals surface area contributed by atoms with E-state index in [9.17, 15) is 9.18 Å². The van der Waals surface area contributed by atoms with Crippen LogP contribution >= 0.6 is 0 Å². The third-order valence-electron chi connectivity index (χ3n) is 2.61. The highest BCUT2D eigenvalue weighted by Gasteiger charge is 2.18. The second-order valence-corrected chi connectivity index (χ2v) is 4.14. The molecule has 2 aromatic rings. The van der Waals surface area contributed by atoms with Gasteiger partial charge in [0.05, 0.1) is 5.56 Å². The van der Waals surface area contributed by atoms with Crippen molar-refractivity contribution in [2.24, 2.45) is 7.05 Å². The lowest BCUT2D eigenvalue weighted by molar-refractivity contribution is 0.102. The molecule has 0 saturated heterocycles. The third kappa shape index (κ3) is 2.11. The number of aryl methyl sites for hydroxylation is 3. The molecular formula is C13H13FN2O. The molecule has 0 aliphatic rings. The number of nitrogens with zero attached hydrogens (tertiary/aromatic N) is 2. The molecule has 1 aromatic carbocycles. The van der Waals surface area contributed by atoms with E-state index in [2.05, 4.69) is 5.10 Å². The fourth-order valence-corrected chi connectivity index (χ4v) is 1.87. The highest BCUT2D eigenvalue weighted by Crippen LogP contribution is 2.18. The maximum absolute atomic E-state index is 13.8. The van der Waals surface area contributed by atoms with E-state index in [1.54, 1.807) is 39.2 Å². The van der Waals surface area contributed by atoms with Crippen LogP contribution in [0.3, 0.4) is 0 Å². The summed E-state index contributed by atoms with van der Waals surface area (Å²) < 4.78 is 15.3. The first-order chi connectivity index (χ1) is 7.99. The van der Waals surface area contributed by atoms with E-state index in [4.69, 9.17) is 0 Å². The Morgan fingerprint density at radius 2 is 2.06 bits per heavy atom. The summed E-state index contributed by atoms with van der Waals surface area (Å²) in [5, 5.41) is 3.99. The van der Waals surface area contributed by atoms with Gasteiger partial charge in [-0.1, -0.05) is 6.07 Å². The first kappa shape index (κ1) is 11.5. The molecule has 0 unspecified atom stereocenters. The van der Waals surface area contributed by atoms with Crippen LogP contribution in [-0.4, -0.2) is 15.6 Å². The van der Waals surface area contributed by atoms with Gasteiger partial charge in [-0.05, 0) is 37.1 Å². The van der Waals surface area contributed by atoms with Gasteiger partial charge in [-0.3, -0.25) is 9.48 Å².